The van der Waals surface area contributed by atoms with Crippen LogP contribution in [-0.4, -0.2) is 63.9 Å². The molecule has 0 bridgehead atoms. The van der Waals surface area contributed by atoms with Crippen LogP contribution in [0.1, 0.15) is 6.92 Å². The number of carboxylic acid groups (broad SMARTS) is 1. The van der Waals surface area contributed by atoms with Gasteiger partial charge in [-0.05, 0) is 6.92 Å². The van der Waals surface area contributed by atoms with Gasteiger partial charge >= 0.3 is 5.97 Å². The molecule has 0 saturated carbocycles. The van der Waals surface area contributed by atoms with Gasteiger partial charge in [0.15, 0.2) is 0 Å². The number of rotatable bonds is 13. The molecule has 0 atom stereocenters. The van der Waals surface area contributed by atoms with Gasteiger partial charge < -0.3 is 24.1 Å². The highest BCUT2D eigenvalue weighted by molar-refractivity contribution is 5.67. The van der Waals surface area contributed by atoms with E-state index in [1.54, 1.807) is 0 Å². The lowest BCUT2D eigenvalue weighted by Crippen LogP contribution is -2.14. The van der Waals surface area contributed by atoms with Crippen LogP contribution in [0.4, 0.5) is 0 Å². The van der Waals surface area contributed by atoms with Gasteiger partial charge in [0, 0.05) is 0 Å². The summed E-state index contributed by atoms with van der Waals surface area (Å²) in [4.78, 5) is 10.1. The Morgan fingerprint density at radius 3 is 1.94 bits per heavy atom. The predicted molar refractivity (Wildman–Crippen MR) is 65.7 cm³/mol. The maximum atomic E-state index is 10.1. The standard InChI is InChI=1S/C12H22O6/c1-2-3-4-15-5-6-16-7-8-17-9-10-18-11-12(13)14/h2-3H,4-11H2,1H3,(H,13,14)/b3-2+. The van der Waals surface area contributed by atoms with Crippen molar-refractivity contribution in [2.24, 2.45) is 0 Å². The molecule has 0 spiro atoms. The molecule has 106 valence electrons. The Labute approximate surface area is 107 Å². The summed E-state index contributed by atoms with van der Waals surface area (Å²) in [6, 6.07) is 0. The summed E-state index contributed by atoms with van der Waals surface area (Å²) >= 11 is 0. The van der Waals surface area contributed by atoms with Crippen LogP contribution in [0.3, 0.4) is 0 Å². The summed E-state index contributed by atoms with van der Waals surface area (Å²) in [7, 11) is 0. The van der Waals surface area contributed by atoms with Crippen LogP contribution in [0.2, 0.25) is 0 Å². The van der Waals surface area contributed by atoms with Gasteiger partial charge in [-0.25, -0.2) is 4.79 Å². The molecule has 0 unspecified atom stereocenters. The molecule has 0 heterocycles. The summed E-state index contributed by atoms with van der Waals surface area (Å²) in [5.41, 5.74) is 0. The number of hydrogen-bond acceptors (Lipinski definition) is 5. The Hall–Kier alpha value is -0.950. The Kier molecular flexibility index (Phi) is 13.4. The third-order valence-electron chi connectivity index (χ3n) is 1.79. The number of carbonyl (C=O) groups is 1. The van der Waals surface area contributed by atoms with Gasteiger partial charge in [-0.3, -0.25) is 0 Å². The largest absolute Gasteiger partial charge is 0.480 e. The molecule has 0 aliphatic carbocycles. The first-order valence-electron chi connectivity index (χ1n) is 5.91. The van der Waals surface area contributed by atoms with E-state index in [1.807, 2.05) is 19.1 Å². The molecule has 0 saturated heterocycles. The van der Waals surface area contributed by atoms with Gasteiger partial charge in [0.25, 0.3) is 0 Å². The highest BCUT2D eigenvalue weighted by Gasteiger charge is 1.95. The lowest BCUT2D eigenvalue weighted by atomic mass is 10.5. The van der Waals surface area contributed by atoms with Gasteiger partial charge in [0.05, 0.1) is 46.2 Å². The molecule has 0 aliphatic heterocycles. The lowest BCUT2D eigenvalue weighted by Gasteiger charge is -2.06. The number of ether oxygens (including phenoxy) is 4. The molecule has 6 nitrogen and oxygen atoms in total. The minimum Gasteiger partial charge on any atom is -0.480 e. The Morgan fingerprint density at radius 1 is 0.944 bits per heavy atom. The van der Waals surface area contributed by atoms with Crippen molar-refractivity contribution >= 4 is 5.97 Å². The van der Waals surface area contributed by atoms with Gasteiger partial charge in [-0.2, -0.15) is 0 Å². The fourth-order valence-electron chi connectivity index (χ4n) is 0.965. The van der Waals surface area contributed by atoms with Crippen LogP contribution in [-0.2, 0) is 23.7 Å². The van der Waals surface area contributed by atoms with Crippen molar-refractivity contribution in [2.45, 2.75) is 6.92 Å². The minimum atomic E-state index is -0.976. The zero-order valence-electron chi connectivity index (χ0n) is 10.8. The van der Waals surface area contributed by atoms with Crippen LogP contribution in [0, 0.1) is 0 Å². The zero-order chi connectivity index (χ0) is 13.5. The lowest BCUT2D eigenvalue weighted by molar-refractivity contribution is -0.142. The topological polar surface area (TPSA) is 74.2 Å². The molecule has 0 amide bonds. The molecule has 0 aromatic rings. The SMILES string of the molecule is C/C=C/COCCOCCOCCOCC(=O)O. The van der Waals surface area contributed by atoms with Gasteiger partial charge in [0.1, 0.15) is 6.61 Å². The van der Waals surface area contributed by atoms with Crippen molar-refractivity contribution in [3.63, 3.8) is 0 Å². The number of hydrogen-bond donors (Lipinski definition) is 1. The average Bonchev–Trinajstić information content (AvgIpc) is 2.34. The van der Waals surface area contributed by atoms with Crippen molar-refractivity contribution in [3.8, 4) is 0 Å². The van der Waals surface area contributed by atoms with E-state index in [0.717, 1.165) is 0 Å². The van der Waals surface area contributed by atoms with E-state index in [9.17, 15) is 4.79 Å². The normalized spacial score (nSPS) is 11.2. The first-order valence-corrected chi connectivity index (χ1v) is 5.91. The van der Waals surface area contributed by atoms with Crippen LogP contribution in [0.5, 0.6) is 0 Å². The second-order valence-corrected chi connectivity index (χ2v) is 3.32. The number of allylic oxidation sites excluding steroid dienone is 1. The fourth-order valence-corrected chi connectivity index (χ4v) is 0.965. The molecule has 0 rings (SSSR count). The maximum Gasteiger partial charge on any atom is 0.329 e. The van der Waals surface area contributed by atoms with E-state index < -0.39 is 5.97 Å². The average molecular weight is 262 g/mol. The molecule has 0 aliphatic rings. The van der Waals surface area contributed by atoms with Gasteiger partial charge in [-0.15, -0.1) is 0 Å². The highest BCUT2D eigenvalue weighted by Crippen LogP contribution is 1.83. The summed E-state index contributed by atoms with van der Waals surface area (Å²) in [6.07, 6.45) is 3.86. The number of aliphatic carboxylic acids is 1. The second-order valence-electron chi connectivity index (χ2n) is 3.32. The number of carboxylic acids is 1. The summed E-state index contributed by atoms with van der Waals surface area (Å²) < 4.78 is 20.4. The zero-order valence-corrected chi connectivity index (χ0v) is 10.8. The molecular formula is C12H22O6. The van der Waals surface area contributed by atoms with Crippen LogP contribution in [0.15, 0.2) is 12.2 Å². The van der Waals surface area contributed by atoms with E-state index >= 15 is 0 Å². The summed E-state index contributed by atoms with van der Waals surface area (Å²) in [6.45, 7) is 4.96. The third kappa shape index (κ3) is 15.0. The van der Waals surface area contributed by atoms with E-state index in [4.69, 9.17) is 24.1 Å². The van der Waals surface area contributed by atoms with Crippen LogP contribution < -0.4 is 0 Å². The van der Waals surface area contributed by atoms with Gasteiger partial charge in [0.2, 0.25) is 0 Å². The minimum absolute atomic E-state index is 0.277. The molecular weight excluding hydrogens is 240 g/mol. The van der Waals surface area contributed by atoms with E-state index in [1.165, 1.54) is 0 Å². The van der Waals surface area contributed by atoms with E-state index in [-0.39, 0.29) is 13.2 Å². The van der Waals surface area contributed by atoms with E-state index in [0.29, 0.717) is 39.6 Å². The monoisotopic (exact) mass is 262 g/mol. The van der Waals surface area contributed by atoms with Crippen molar-refractivity contribution in [1.29, 1.82) is 0 Å². The Morgan fingerprint density at radius 2 is 1.44 bits per heavy atom. The second kappa shape index (κ2) is 14.1. The van der Waals surface area contributed by atoms with E-state index in [2.05, 4.69) is 0 Å². The van der Waals surface area contributed by atoms with Crippen LogP contribution in [0.25, 0.3) is 0 Å². The fraction of sp³-hybridized carbons (Fsp3) is 0.750. The third-order valence-corrected chi connectivity index (χ3v) is 1.79. The molecule has 18 heavy (non-hydrogen) atoms. The molecule has 0 fully saturated rings. The van der Waals surface area contributed by atoms with Crippen molar-refractivity contribution < 1.29 is 28.8 Å². The van der Waals surface area contributed by atoms with Crippen molar-refractivity contribution in [3.05, 3.63) is 12.2 Å². The maximum absolute atomic E-state index is 10.1. The molecule has 0 radical (unpaired) electrons. The molecule has 0 aromatic heterocycles. The Balaban J connectivity index is 2.96. The molecule has 1 N–H and O–H groups in total. The predicted octanol–water partition coefficient (Wildman–Crippen LogP) is 0.713. The first kappa shape index (κ1) is 17.1. The van der Waals surface area contributed by atoms with Crippen LogP contribution >= 0.6 is 0 Å². The smallest absolute Gasteiger partial charge is 0.329 e. The van der Waals surface area contributed by atoms with Crippen molar-refractivity contribution in [2.75, 3.05) is 52.9 Å². The first-order chi connectivity index (χ1) is 8.77. The Bertz CT molecular complexity index is 217. The molecule has 6 heteroatoms. The van der Waals surface area contributed by atoms with Crippen molar-refractivity contribution in [1.82, 2.24) is 0 Å². The summed E-state index contributed by atoms with van der Waals surface area (Å²) in [5, 5.41) is 8.29. The summed E-state index contributed by atoms with van der Waals surface area (Å²) in [5.74, 6) is -0.976. The quantitative estimate of drug-likeness (QED) is 0.389. The van der Waals surface area contributed by atoms with Gasteiger partial charge in [-0.1, -0.05) is 12.2 Å². The highest BCUT2D eigenvalue weighted by atomic mass is 16.6. The molecule has 0 aromatic carbocycles.